The lowest BCUT2D eigenvalue weighted by molar-refractivity contribution is -0.137. The first-order valence-corrected chi connectivity index (χ1v) is 8.98. The van der Waals surface area contributed by atoms with Crippen molar-refractivity contribution in [2.45, 2.75) is 26.1 Å². The number of hydrogen-bond acceptors (Lipinski definition) is 6. The van der Waals surface area contributed by atoms with Crippen LogP contribution < -0.4 is 5.63 Å². The molecule has 0 atom stereocenters. The van der Waals surface area contributed by atoms with Gasteiger partial charge in [0.05, 0.1) is 12.1 Å². The molecule has 2 aromatic heterocycles. The van der Waals surface area contributed by atoms with Gasteiger partial charge in [0.1, 0.15) is 11.3 Å². The highest BCUT2D eigenvalue weighted by Crippen LogP contribution is 2.31. The summed E-state index contributed by atoms with van der Waals surface area (Å²) in [7, 11) is 0. The fourth-order valence-electron chi connectivity index (χ4n) is 3.13. The van der Waals surface area contributed by atoms with E-state index in [0.29, 0.717) is 22.9 Å². The Kier molecular flexibility index (Phi) is 4.76. The molecule has 0 saturated heterocycles. The number of rotatable bonds is 4. The standard InChI is InChI=1S/C20H15F3N4O3/c1-2-11-7-15-13(8-18(29)30-17(15)9-16(11)28)10-27-25-19(24-26-27)12-4-3-5-14(6-12)20(21,22)23/h3-9,28H,2,10H2,1H3. The van der Waals surface area contributed by atoms with Gasteiger partial charge in [0.15, 0.2) is 0 Å². The summed E-state index contributed by atoms with van der Waals surface area (Å²) < 4.78 is 44.0. The highest BCUT2D eigenvalue weighted by Gasteiger charge is 2.30. The zero-order chi connectivity index (χ0) is 21.5. The van der Waals surface area contributed by atoms with E-state index in [1.54, 1.807) is 6.07 Å². The minimum Gasteiger partial charge on any atom is -0.508 e. The number of hydrogen-bond donors (Lipinski definition) is 1. The van der Waals surface area contributed by atoms with Crippen LogP contribution in [0.2, 0.25) is 0 Å². The molecule has 4 rings (SSSR count). The number of alkyl halides is 3. The summed E-state index contributed by atoms with van der Waals surface area (Å²) in [6, 6.07) is 9.02. The fraction of sp³-hybridized carbons (Fsp3) is 0.200. The first-order chi connectivity index (χ1) is 14.2. The van der Waals surface area contributed by atoms with Crippen molar-refractivity contribution in [3.05, 3.63) is 69.6 Å². The van der Waals surface area contributed by atoms with Gasteiger partial charge in [0.25, 0.3) is 0 Å². The number of nitrogens with zero attached hydrogens (tertiary/aromatic N) is 4. The number of halogens is 3. The van der Waals surface area contributed by atoms with Crippen molar-refractivity contribution >= 4 is 11.0 Å². The summed E-state index contributed by atoms with van der Waals surface area (Å²) in [6.45, 7) is 1.92. The van der Waals surface area contributed by atoms with Crippen molar-refractivity contribution in [2.24, 2.45) is 0 Å². The summed E-state index contributed by atoms with van der Waals surface area (Å²) in [5.74, 6) is 0.0521. The molecule has 0 aliphatic rings. The van der Waals surface area contributed by atoms with E-state index in [1.807, 2.05) is 6.92 Å². The third kappa shape index (κ3) is 3.76. The molecule has 0 aliphatic carbocycles. The van der Waals surface area contributed by atoms with Crippen LogP contribution >= 0.6 is 0 Å². The fourth-order valence-corrected chi connectivity index (χ4v) is 3.13. The Labute approximate surface area is 167 Å². The molecule has 30 heavy (non-hydrogen) atoms. The number of aryl methyl sites for hydroxylation is 1. The van der Waals surface area contributed by atoms with Gasteiger partial charge in [-0.25, -0.2) is 4.79 Å². The Morgan fingerprint density at radius 2 is 1.93 bits per heavy atom. The maximum absolute atomic E-state index is 12.9. The monoisotopic (exact) mass is 416 g/mol. The number of phenols is 1. The minimum absolute atomic E-state index is 0.0241. The second-order valence-corrected chi connectivity index (χ2v) is 6.64. The average Bonchev–Trinajstić information content (AvgIpc) is 3.15. The molecular weight excluding hydrogens is 401 g/mol. The zero-order valence-electron chi connectivity index (χ0n) is 15.6. The molecule has 7 nitrogen and oxygen atoms in total. The van der Waals surface area contributed by atoms with E-state index in [2.05, 4.69) is 15.4 Å². The van der Waals surface area contributed by atoms with Crippen molar-refractivity contribution in [3.63, 3.8) is 0 Å². The molecule has 154 valence electrons. The SMILES string of the molecule is CCc1cc2c(Cn3nnc(-c4cccc(C(F)(F)F)c4)n3)cc(=O)oc2cc1O. The maximum Gasteiger partial charge on any atom is 0.416 e. The lowest BCUT2D eigenvalue weighted by Crippen LogP contribution is -2.08. The zero-order valence-corrected chi connectivity index (χ0v) is 15.6. The number of benzene rings is 2. The van der Waals surface area contributed by atoms with Crippen LogP contribution in [-0.2, 0) is 19.1 Å². The third-order valence-electron chi connectivity index (χ3n) is 4.62. The van der Waals surface area contributed by atoms with Crippen molar-refractivity contribution < 1.29 is 22.7 Å². The van der Waals surface area contributed by atoms with E-state index in [1.165, 1.54) is 29.1 Å². The van der Waals surface area contributed by atoms with Gasteiger partial charge in [0.2, 0.25) is 5.82 Å². The lowest BCUT2D eigenvalue weighted by Gasteiger charge is -2.08. The van der Waals surface area contributed by atoms with Gasteiger partial charge >= 0.3 is 11.8 Å². The summed E-state index contributed by atoms with van der Waals surface area (Å²) in [6.07, 6.45) is -3.91. The Hall–Kier alpha value is -3.69. The van der Waals surface area contributed by atoms with Gasteiger partial charge < -0.3 is 9.52 Å². The molecule has 0 saturated carbocycles. The number of aromatic nitrogens is 4. The summed E-state index contributed by atoms with van der Waals surface area (Å²) in [4.78, 5) is 13.1. The lowest BCUT2D eigenvalue weighted by atomic mass is 10.0. The highest BCUT2D eigenvalue weighted by atomic mass is 19.4. The van der Waals surface area contributed by atoms with Crippen LogP contribution in [-0.4, -0.2) is 25.3 Å². The smallest absolute Gasteiger partial charge is 0.416 e. The molecule has 0 aliphatic heterocycles. The highest BCUT2D eigenvalue weighted by molar-refractivity contribution is 5.82. The molecule has 0 unspecified atom stereocenters. The number of fused-ring (bicyclic) bond motifs is 1. The molecule has 1 N–H and O–H groups in total. The van der Waals surface area contributed by atoms with E-state index >= 15 is 0 Å². The van der Waals surface area contributed by atoms with E-state index in [9.17, 15) is 23.1 Å². The number of aromatic hydroxyl groups is 1. The van der Waals surface area contributed by atoms with Crippen molar-refractivity contribution in [1.29, 1.82) is 0 Å². The quantitative estimate of drug-likeness (QED) is 0.509. The van der Waals surface area contributed by atoms with Gasteiger partial charge in [-0.05, 0) is 41.0 Å². The minimum atomic E-state index is -4.48. The van der Waals surface area contributed by atoms with Crippen molar-refractivity contribution in [1.82, 2.24) is 20.2 Å². The molecule has 0 bridgehead atoms. The van der Waals surface area contributed by atoms with Gasteiger partial charge in [0, 0.05) is 23.1 Å². The molecule has 0 radical (unpaired) electrons. The molecule has 2 heterocycles. The molecule has 10 heteroatoms. The average molecular weight is 416 g/mol. The van der Waals surface area contributed by atoms with Crippen molar-refractivity contribution in [2.75, 3.05) is 0 Å². The molecule has 2 aromatic carbocycles. The van der Waals surface area contributed by atoms with E-state index in [0.717, 1.165) is 12.1 Å². The van der Waals surface area contributed by atoms with Crippen LogP contribution in [0.3, 0.4) is 0 Å². The molecular formula is C20H15F3N4O3. The van der Waals surface area contributed by atoms with E-state index in [-0.39, 0.29) is 29.3 Å². The Morgan fingerprint density at radius 3 is 2.67 bits per heavy atom. The van der Waals surface area contributed by atoms with E-state index in [4.69, 9.17) is 4.42 Å². The summed E-state index contributed by atoms with van der Waals surface area (Å²) in [5, 5.41) is 22.5. The number of tetrazole rings is 1. The van der Waals surface area contributed by atoms with Crippen LogP contribution in [0.15, 0.2) is 51.7 Å². The predicted molar refractivity (Wildman–Crippen MR) is 101 cm³/mol. The second kappa shape index (κ2) is 7.29. The van der Waals surface area contributed by atoms with Gasteiger partial charge in [-0.2, -0.15) is 18.0 Å². The Balaban J connectivity index is 1.71. The van der Waals surface area contributed by atoms with Gasteiger partial charge in [-0.3, -0.25) is 0 Å². The molecule has 0 fully saturated rings. The van der Waals surface area contributed by atoms with Crippen LogP contribution in [0.25, 0.3) is 22.4 Å². The second-order valence-electron chi connectivity index (χ2n) is 6.64. The van der Waals surface area contributed by atoms with Crippen LogP contribution in [0, 0.1) is 0 Å². The first kappa shape index (κ1) is 19.6. The first-order valence-electron chi connectivity index (χ1n) is 8.98. The van der Waals surface area contributed by atoms with Crippen LogP contribution in [0.1, 0.15) is 23.6 Å². The Bertz CT molecular complexity index is 1290. The van der Waals surface area contributed by atoms with Crippen molar-refractivity contribution in [3.8, 4) is 17.1 Å². The Morgan fingerprint density at radius 1 is 1.13 bits per heavy atom. The van der Waals surface area contributed by atoms with Crippen LogP contribution in [0.5, 0.6) is 5.75 Å². The predicted octanol–water partition coefficient (Wildman–Crippen LogP) is 3.78. The molecule has 0 spiro atoms. The molecule has 4 aromatic rings. The third-order valence-corrected chi connectivity index (χ3v) is 4.62. The van der Waals surface area contributed by atoms with Gasteiger partial charge in [-0.15, -0.1) is 10.2 Å². The molecule has 0 amide bonds. The maximum atomic E-state index is 12.9. The normalized spacial score (nSPS) is 11.9. The van der Waals surface area contributed by atoms with Gasteiger partial charge in [-0.1, -0.05) is 19.1 Å². The van der Waals surface area contributed by atoms with E-state index < -0.39 is 17.4 Å². The summed E-state index contributed by atoms with van der Waals surface area (Å²) in [5.41, 5.74) is 0.171. The van der Waals surface area contributed by atoms with Crippen LogP contribution in [0.4, 0.5) is 13.2 Å². The summed E-state index contributed by atoms with van der Waals surface area (Å²) >= 11 is 0. The topological polar surface area (TPSA) is 94.0 Å². The largest absolute Gasteiger partial charge is 0.508 e. The number of phenolic OH excluding ortho intramolecular Hbond substituents is 1.